The molecule has 0 saturated carbocycles. The van der Waals surface area contributed by atoms with Crippen molar-refractivity contribution >= 4 is 11.8 Å². The average Bonchev–Trinajstić information content (AvgIpc) is 2.51. The second-order valence-corrected chi connectivity index (χ2v) is 6.38. The number of nitrogens with one attached hydrogen (secondary N) is 1. The number of carbonyl (C=O) groups is 2. The molecule has 4 nitrogen and oxygen atoms in total. The number of benzene rings is 1. The molecule has 1 N–H and O–H groups in total. The van der Waals surface area contributed by atoms with Gasteiger partial charge in [0.2, 0.25) is 0 Å². The number of amides is 2. The number of hydrogen-bond acceptors (Lipinski definition) is 2. The van der Waals surface area contributed by atoms with Crippen LogP contribution >= 0.6 is 0 Å². The molecule has 4 heteroatoms. The third-order valence-corrected chi connectivity index (χ3v) is 3.22. The number of rotatable bonds is 4. The zero-order chi connectivity index (χ0) is 17.3. The predicted octanol–water partition coefficient (Wildman–Crippen LogP) is 3.54. The molecule has 0 heterocycles. The Bertz CT molecular complexity index is 577. The first-order chi connectivity index (χ1) is 10.9. The van der Waals surface area contributed by atoms with Gasteiger partial charge in [0, 0.05) is 12.0 Å². The molecule has 0 aliphatic heterocycles. The molecule has 0 unspecified atom stereocenters. The van der Waals surface area contributed by atoms with E-state index >= 15 is 0 Å². The molecule has 0 aromatic heterocycles. The molecule has 0 spiro atoms. The van der Waals surface area contributed by atoms with Crippen molar-refractivity contribution in [1.82, 2.24) is 10.4 Å². The first-order valence-electron chi connectivity index (χ1n) is 8.05. The molecule has 0 bridgehead atoms. The molecule has 0 fully saturated rings. The molecule has 124 valence electrons. The Balaban J connectivity index is 2.77. The predicted molar refractivity (Wildman–Crippen MR) is 92.4 cm³/mol. The Hall–Kier alpha value is -2.28. The van der Waals surface area contributed by atoms with Crippen molar-refractivity contribution < 1.29 is 9.59 Å². The monoisotopic (exact) mass is 314 g/mol. The fraction of sp³-hybridized carbons (Fsp3) is 0.474. The zero-order valence-electron chi connectivity index (χ0n) is 14.5. The minimum atomic E-state index is -0.556. The molecule has 2 amide bonds. The summed E-state index contributed by atoms with van der Waals surface area (Å²) in [4.78, 5) is 24.6. The van der Waals surface area contributed by atoms with E-state index in [0.717, 1.165) is 19.3 Å². The maximum atomic E-state index is 12.3. The van der Waals surface area contributed by atoms with Crippen molar-refractivity contribution in [2.75, 3.05) is 0 Å². The largest absolute Gasteiger partial charge is 0.317 e. The third kappa shape index (κ3) is 6.56. The Morgan fingerprint density at radius 3 is 2.35 bits per heavy atom. The summed E-state index contributed by atoms with van der Waals surface area (Å²) in [5.41, 5.74) is 2.62. The lowest BCUT2D eigenvalue weighted by Crippen LogP contribution is -2.55. The van der Waals surface area contributed by atoms with Crippen LogP contribution < -0.4 is 5.43 Å². The summed E-state index contributed by atoms with van der Waals surface area (Å²) >= 11 is 0. The van der Waals surface area contributed by atoms with Crippen molar-refractivity contribution in [1.29, 1.82) is 0 Å². The van der Waals surface area contributed by atoms with Gasteiger partial charge in [-0.25, -0.2) is 5.01 Å². The molecule has 1 aromatic rings. The average molecular weight is 314 g/mol. The van der Waals surface area contributed by atoms with Crippen LogP contribution in [0.3, 0.4) is 0 Å². The van der Waals surface area contributed by atoms with Crippen molar-refractivity contribution in [3.05, 3.63) is 35.9 Å². The second-order valence-electron chi connectivity index (χ2n) is 6.38. The van der Waals surface area contributed by atoms with E-state index in [0.29, 0.717) is 12.0 Å². The van der Waals surface area contributed by atoms with Gasteiger partial charge in [-0.15, -0.1) is 0 Å². The Kier molecular flexibility index (Phi) is 7.34. The van der Waals surface area contributed by atoms with Crippen LogP contribution in [0.2, 0.25) is 0 Å². The van der Waals surface area contributed by atoms with Crippen LogP contribution in [-0.2, 0) is 4.79 Å². The Morgan fingerprint density at radius 2 is 1.78 bits per heavy atom. The van der Waals surface area contributed by atoms with E-state index in [1.807, 2.05) is 26.8 Å². The maximum absolute atomic E-state index is 12.3. The van der Waals surface area contributed by atoms with Gasteiger partial charge in [0.15, 0.2) is 0 Å². The molecular weight excluding hydrogens is 288 g/mol. The van der Waals surface area contributed by atoms with Crippen LogP contribution in [0.5, 0.6) is 0 Å². The van der Waals surface area contributed by atoms with E-state index in [9.17, 15) is 9.59 Å². The van der Waals surface area contributed by atoms with Gasteiger partial charge in [-0.1, -0.05) is 43.9 Å². The van der Waals surface area contributed by atoms with Gasteiger partial charge in [0.25, 0.3) is 5.91 Å². The summed E-state index contributed by atoms with van der Waals surface area (Å²) in [5.74, 6) is 4.81. The topological polar surface area (TPSA) is 49.4 Å². The summed E-state index contributed by atoms with van der Waals surface area (Å²) < 4.78 is 0. The van der Waals surface area contributed by atoms with Crippen LogP contribution in [0.4, 0.5) is 0 Å². The van der Waals surface area contributed by atoms with E-state index < -0.39 is 11.4 Å². The SMILES string of the molecule is CCCCCC#CC(=O)N(NC(=O)c1ccccc1)C(C)(C)C. The molecule has 0 aliphatic rings. The zero-order valence-corrected chi connectivity index (χ0v) is 14.5. The van der Waals surface area contributed by atoms with Crippen molar-refractivity contribution in [3.8, 4) is 11.8 Å². The van der Waals surface area contributed by atoms with Gasteiger partial charge in [-0.05, 0) is 45.2 Å². The summed E-state index contributed by atoms with van der Waals surface area (Å²) in [7, 11) is 0. The minimum absolute atomic E-state index is 0.318. The minimum Gasteiger partial charge on any atom is -0.267 e. The van der Waals surface area contributed by atoms with E-state index in [4.69, 9.17) is 0 Å². The van der Waals surface area contributed by atoms with E-state index in [1.165, 1.54) is 5.01 Å². The summed E-state index contributed by atoms with van der Waals surface area (Å²) in [6, 6.07) is 8.82. The number of hydrogen-bond donors (Lipinski definition) is 1. The number of hydrazine groups is 1. The van der Waals surface area contributed by atoms with Crippen molar-refractivity contribution in [2.24, 2.45) is 0 Å². The first kappa shape index (κ1) is 18.8. The second kappa shape index (κ2) is 8.99. The summed E-state index contributed by atoms with van der Waals surface area (Å²) in [6.07, 6.45) is 3.92. The van der Waals surface area contributed by atoms with Gasteiger partial charge < -0.3 is 0 Å². The molecule has 0 atom stereocenters. The first-order valence-corrected chi connectivity index (χ1v) is 8.05. The van der Waals surface area contributed by atoms with E-state index in [-0.39, 0.29) is 5.91 Å². The Labute approximate surface area is 139 Å². The lowest BCUT2D eigenvalue weighted by atomic mass is 10.1. The molecule has 23 heavy (non-hydrogen) atoms. The highest BCUT2D eigenvalue weighted by Crippen LogP contribution is 2.11. The lowest BCUT2D eigenvalue weighted by Gasteiger charge is -2.33. The third-order valence-electron chi connectivity index (χ3n) is 3.22. The molecule has 1 rings (SSSR count). The number of carbonyl (C=O) groups excluding carboxylic acids is 2. The lowest BCUT2D eigenvalue weighted by molar-refractivity contribution is -0.132. The molecule has 0 radical (unpaired) electrons. The smallest absolute Gasteiger partial charge is 0.267 e. The molecule has 0 aliphatic carbocycles. The number of unbranched alkanes of at least 4 members (excludes halogenated alkanes) is 3. The fourth-order valence-corrected chi connectivity index (χ4v) is 1.94. The highest BCUT2D eigenvalue weighted by atomic mass is 16.2. The van der Waals surface area contributed by atoms with Gasteiger partial charge in [0.1, 0.15) is 0 Å². The van der Waals surface area contributed by atoms with Crippen molar-refractivity contribution in [2.45, 2.75) is 58.9 Å². The van der Waals surface area contributed by atoms with Crippen molar-refractivity contribution in [3.63, 3.8) is 0 Å². The Morgan fingerprint density at radius 1 is 1.13 bits per heavy atom. The maximum Gasteiger partial charge on any atom is 0.317 e. The summed E-state index contributed by atoms with van der Waals surface area (Å²) in [5, 5.41) is 1.30. The van der Waals surface area contributed by atoms with Crippen LogP contribution in [0, 0.1) is 11.8 Å². The standard InChI is InChI=1S/C19H26N2O2/c1-5-6-7-8-12-15-17(22)21(19(2,3)4)20-18(23)16-13-10-9-11-14-16/h9-11,13-14H,5-8H2,1-4H3,(H,20,23). The van der Waals surface area contributed by atoms with Crippen LogP contribution in [0.15, 0.2) is 30.3 Å². The highest BCUT2D eigenvalue weighted by molar-refractivity contribution is 5.99. The fourth-order valence-electron chi connectivity index (χ4n) is 1.94. The molecular formula is C19H26N2O2. The van der Waals surface area contributed by atoms with Crippen LogP contribution in [0.1, 0.15) is 63.7 Å². The van der Waals surface area contributed by atoms with E-state index in [2.05, 4.69) is 24.2 Å². The van der Waals surface area contributed by atoms with Crippen LogP contribution in [0.25, 0.3) is 0 Å². The normalized spacial score (nSPS) is 10.4. The van der Waals surface area contributed by atoms with E-state index in [1.54, 1.807) is 24.3 Å². The molecule has 1 aromatic carbocycles. The van der Waals surface area contributed by atoms with Gasteiger partial charge in [-0.3, -0.25) is 15.0 Å². The quantitative estimate of drug-likeness (QED) is 0.525. The molecule has 0 saturated heterocycles. The van der Waals surface area contributed by atoms with Crippen LogP contribution in [-0.4, -0.2) is 22.4 Å². The van der Waals surface area contributed by atoms with Gasteiger partial charge in [-0.2, -0.15) is 0 Å². The highest BCUT2D eigenvalue weighted by Gasteiger charge is 2.27. The number of nitrogens with zero attached hydrogens (tertiary/aromatic N) is 1. The van der Waals surface area contributed by atoms with Gasteiger partial charge >= 0.3 is 5.91 Å². The van der Waals surface area contributed by atoms with Gasteiger partial charge in [0.05, 0.1) is 5.54 Å². The summed E-state index contributed by atoms with van der Waals surface area (Å²) in [6.45, 7) is 7.69.